The van der Waals surface area contributed by atoms with Gasteiger partial charge in [-0.1, -0.05) is 18.2 Å². The molecule has 2 N–H and O–H groups in total. The van der Waals surface area contributed by atoms with Gasteiger partial charge in [-0.2, -0.15) is 0 Å². The van der Waals surface area contributed by atoms with Crippen LogP contribution in [0.5, 0.6) is 5.75 Å². The lowest BCUT2D eigenvalue weighted by Gasteiger charge is -2.09. The number of nitrogens with zero attached hydrogens (tertiary/aromatic N) is 1. The quantitative estimate of drug-likeness (QED) is 0.918. The number of rotatable bonds is 2. The second kappa shape index (κ2) is 4.53. The van der Waals surface area contributed by atoms with Crippen molar-refractivity contribution in [1.29, 1.82) is 0 Å². The number of nitrogen functional groups attached to an aromatic ring is 1. The van der Waals surface area contributed by atoms with Gasteiger partial charge >= 0.3 is 0 Å². The van der Waals surface area contributed by atoms with Gasteiger partial charge in [0.1, 0.15) is 11.6 Å². The van der Waals surface area contributed by atoms with Crippen molar-refractivity contribution in [3.8, 4) is 16.9 Å². The Labute approximate surface area is 102 Å². The first-order chi connectivity index (χ1) is 7.72. The Morgan fingerprint density at radius 1 is 1.25 bits per heavy atom. The minimum absolute atomic E-state index is 0.491. The SMILES string of the molecule is COc1ccccc1-c1cnc(N)cc1Br. The molecule has 4 heteroatoms. The molecule has 0 radical (unpaired) electrons. The van der Waals surface area contributed by atoms with E-state index < -0.39 is 0 Å². The van der Waals surface area contributed by atoms with Gasteiger partial charge in [-0.05, 0) is 28.1 Å². The monoisotopic (exact) mass is 278 g/mol. The summed E-state index contributed by atoms with van der Waals surface area (Å²) < 4.78 is 6.21. The largest absolute Gasteiger partial charge is 0.496 e. The third-order valence-corrected chi connectivity index (χ3v) is 2.93. The van der Waals surface area contributed by atoms with E-state index in [0.717, 1.165) is 21.3 Å². The predicted octanol–water partition coefficient (Wildman–Crippen LogP) is 3.10. The number of pyridine rings is 1. The number of benzene rings is 1. The average molecular weight is 279 g/mol. The smallest absolute Gasteiger partial charge is 0.126 e. The fraction of sp³-hybridized carbons (Fsp3) is 0.0833. The maximum absolute atomic E-state index is 5.60. The van der Waals surface area contributed by atoms with Crippen LogP contribution in [-0.2, 0) is 0 Å². The Hall–Kier alpha value is -1.55. The van der Waals surface area contributed by atoms with E-state index in [1.807, 2.05) is 24.3 Å². The molecule has 0 bridgehead atoms. The van der Waals surface area contributed by atoms with Gasteiger partial charge in [0.2, 0.25) is 0 Å². The number of halogens is 1. The van der Waals surface area contributed by atoms with Crippen LogP contribution in [0.2, 0.25) is 0 Å². The molecule has 0 unspecified atom stereocenters. The summed E-state index contributed by atoms with van der Waals surface area (Å²) in [7, 11) is 1.65. The lowest BCUT2D eigenvalue weighted by atomic mass is 10.1. The van der Waals surface area contributed by atoms with E-state index in [1.54, 1.807) is 19.4 Å². The van der Waals surface area contributed by atoms with E-state index >= 15 is 0 Å². The number of para-hydroxylation sites is 1. The van der Waals surface area contributed by atoms with Crippen molar-refractivity contribution in [3.05, 3.63) is 41.0 Å². The molecule has 2 rings (SSSR count). The molecule has 1 aromatic carbocycles. The summed E-state index contributed by atoms with van der Waals surface area (Å²) in [6.45, 7) is 0. The number of ether oxygens (including phenoxy) is 1. The van der Waals surface area contributed by atoms with Crippen molar-refractivity contribution in [1.82, 2.24) is 4.98 Å². The molecule has 3 nitrogen and oxygen atoms in total. The van der Waals surface area contributed by atoms with Crippen LogP contribution in [-0.4, -0.2) is 12.1 Å². The Morgan fingerprint density at radius 2 is 2.00 bits per heavy atom. The zero-order valence-electron chi connectivity index (χ0n) is 8.77. The van der Waals surface area contributed by atoms with Gasteiger partial charge in [0.15, 0.2) is 0 Å². The second-order valence-corrected chi connectivity index (χ2v) is 4.14. The number of aromatic nitrogens is 1. The molecule has 0 aliphatic heterocycles. The van der Waals surface area contributed by atoms with Crippen LogP contribution in [0.15, 0.2) is 41.0 Å². The number of nitrogens with two attached hydrogens (primary N) is 1. The van der Waals surface area contributed by atoms with Crippen LogP contribution in [0, 0.1) is 0 Å². The molecule has 1 aromatic heterocycles. The van der Waals surface area contributed by atoms with Crippen LogP contribution in [0.3, 0.4) is 0 Å². The highest BCUT2D eigenvalue weighted by Crippen LogP contribution is 2.34. The van der Waals surface area contributed by atoms with E-state index in [9.17, 15) is 0 Å². The van der Waals surface area contributed by atoms with Gasteiger partial charge in [0.25, 0.3) is 0 Å². The molecular weight excluding hydrogens is 268 g/mol. The molecule has 2 aromatic rings. The van der Waals surface area contributed by atoms with Gasteiger partial charge in [-0.25, -0.2) is 4.98 Å². The summed E-state index contributed by atoms with van der Waals surface area (Å²) in [5.41, 5.74) is 7.56. The average Bonchev–Trinajstić information content (AvgIpc) is 2.29. The topological polar surface area (TPSA) is 48.1 Å². The highest BCUT2D eigenvalue weighted by Gasteiger charge is 2.08. The van der Waals surface area contributed by atoms with E-state index in [0.29, 0.717) is 5.82 Å². The molecule has 1 heterocycles. The fourth-order valence-electron chi connectivity index (χ4n) is 1.51. The summed E-state index contributed by atoms with van der Waals surface area (Å²) in [4.78, 5) is 4.08. The van der Waals surface area contributed by atoms with Crippen molar-refractivity contribution < 1.29 is 4.74 Å². The van der Waals surface area contributed by atoms with Gasteiger partial charge in [-0.15, -0.1) is 0 Å². The predicted molar refractivity (Wildman–Crippen MR) is 68.3 cm³/mol. The zero-order valence-corrected chi connectivity index (χ0v) is 10.4. The first-order valence-electron chi connectivity index (χ1n) is 4.77. The van der Waals surface area contributed by atoms with Gasteiger partial charge in [-0.3, -0.25) is 0 Å². The van der Waals surface area contributed by atoms with Crippen molar-refractivity contribution in [3.63, 3.8) is 0 Å². The molecule has 0 atom stereocenters. The standard InChI is InChI=1S/C12H11BrN2O/c1-16-11-5-3-2-4-8(11)9-7-15-12(14)6-10(9)13/h2-7H,1H3,(H2,14,15). The third-order valence-electron chi connectivity index (χ3n) is 2.27. The molecule has 0 fully saturated rings. The van der Waals surface area contributed by atoms with Crippen LogP contribution in [0.1, 0.15) is 0 Å². The number of hydrogen-bond donors (Lipinski definition) is 1. The normalized spacial score (nSPS) is 10.1. The lowest BCUT2D eigenvalue weighted by molar-refractivity contribution is 0.416. The Morgan fingerprint density at radius 3 is 2.69 bits per heavy atom. The van der Waals surface area contributed by atoms with Gasteiger partial charge in [0.05, 0.1) is 7.11 Å². The first-order valence-corrected chi connectivity index (χ1v) is 5.56. The van der Waals surface area contributed by atoms with E-state index in [-0.39, 0.29) is 0 Å². The second-order valence-electron chi connectivity index (χ2n) is 3.29. The number of anilines is 1. The van der Waals surface area contributed by atoms with Crippen LogP contribution >= 0.6 is 15.9 Å². The van der Waals surface area contributed by atoms with Crippen LogP contribution in [0.4, 0.5) is 5.82 Å². The first kappa shape index (κ1) is 11.0. The molecular formula is C12H11BrN2O. The molecule has 82 valence electrons. The van der Waals surface area contributed by atoms with Gasteiger partial charge < -0.3 is 10.5 Å². The maximum atomic E-state index is 5.60. The Balaban J connectivity index is 2.58. The molecule has 0 saturated heterocycles. The number of methoxy groups -OCH3 is 1. The van der Waals surface area contributed by atoms with Crippen molar-refractivity contribution in [2.45, 2.75) is 0 Å². The lowest BCUT2D eigenvalue weighted by Crippen LogP contribution is -1.92. The molecule has 0 aliphatic rings. The molecule has 0 aliphatic carbocycles. The highest BCUT2D eigenvalue weighted by atomic mass is 79.9. The molecule has 16 heavy (non-hydrogen) atoms. The van der Waals surface area contributed by atoms with E-state index in [2.05, 4.69) is 20.9 Å². The van der Waals surface area contributed by atoms with Crippen LogP contribution < -0.4 is 10.5 Å². The van der Waals surface area contributed by atoms with Crippen molar-refractivity contribution in [2.75, 3.05) is 12.8 Å². The van der Waals surface area contributed by atoms with Gasteiger partial charge in [0, 0.05) is 21.8 Å². The van der Waals surface area contributed by atoms with Crippen molar-refractivity contribution in [2.24, 2.45) is 0 Å². The molecule has 0 amide bonds. The third kappa shape index (κ3) is 2.02. The van der Waals surface area contributed by atoms with Crippen molar-refractivity contribution >= 4 is 21.7 Å². The van der Waals surface area contributed by atoms with E-state index in [4.69, 9.17) is 10.5 Å². The minimum atomic E-state index is 0.491. The summed E-state index contributed by atoms with van der Waals surface area (Å²) in [6, 6.07) is 9.57. The highest BCUT2D eigenvalue weighted by molar-refractivity contribution is 9.10. The van der Waals surface area contributed by atoms with Crippen LogP contribution in [0.25, 0.3) is 11.1 Å². The number of hydrogen-bond acceptors (Lipinski definition) is 3. The Bertz CT molecular complexity index is 514. The Kier molecular flexibility index (Phi) is 3.10. The summed E-state index contributed by atoms with van der Waals surface area (Å²) in [6.07, 6.45) is 1.73. The van der Waals surface area contributed by atoms with E-state index in [1.165, 1.54) is 0 Å². The summed E-state index contributed by atoms with van der Waals surface area (Å²) >= 11 is 3.47. The minimum Gasteiger partial charge on any atom is -0.496 e. The summed E-state index contributed by atoms with van der Waals surface area (Å²) in [5.74, 6) is 1.31. The fourth-order valence-corrected chi connectivity index (χ4v) is 2.06. The molecule has 0 saturated carbocycles. The maximum Gasteiger partial charge on any atom is 0.126 e. The zero-order chi connectivity index (χ0) is 11.5. The molecule has 0 spiro atoms. The summed E-state index contributed by atoms with van der Waals surface area (Å²) in [5, 5.41) is 0.